The first-order valence-electron chi connectivity index (χ1n) is 6.11. The summed E-state index contributed by atoms with van der Waals surface area (Å²) in [5.41, 5.74) is 1.13. The van der Waals surface area contributed by atoms with E-state index < -0.39 is 18.0 Å². The van der Waals surface area contributed by atoms with Gasteiger partial charge in [0, 0.05) is 6.08 Å². The van der Waals surface area contributed by atoms with Gasteiger partial charge in [0.05, 0.1) is 17.2 Å². The molecule has 2 rings (SSSR count). The molecular weight excluding hydrogens is 340 g/mol. The van der Waals surface area contributed by atoms with E-state index in [4.69, 9.17) is 14.2 Å². The number of hydrogen-bond donors (Lipinski definition) is 0. The Labute approximate surface area is 130 Å². The van der Waals surface area contributed by atoms with Crippen LogP contribution in [0.25, 0.3) is 5.57 Å². The molecular formula is C15H13BrO5. The summed E-state index contributed by atoms with van der Waals surface area (Å²) in [5, 5.41) is 0. The van der Waals surface area contributed by atoms with Gasteiger partial charge in [0.2, 0.25) is 0 Å². The van der Waals surface area contributed by atoms with Gasteiger partial charge >= 0.3 is 11.9 Å². The Hall–Kier alpha value is -2.08. The molecule has 0 aliphatic carbocycles. The summed E-state index contributed by atoms with van der Waals surface area (Å²) in [6.07, 6.45) is 2.10. The van der Waals surface area contributed by atoms with E-state index >= 15 is 0 Å². The molecule has 5 nitrogen and oxygen atoms in total. The normalized spacial score (nSPS) is 17.0. The van der Waals surface area contributed by atoms with Gasteiger partial charge in [-0.1, -0.05) is 12.6 Å². The van der Waals surface area contributed by atoms with Crippen LogP contribution >= 0.6 is 15.9 Å². The molecule has 110 valence electrons. The van der Waals surface area contributed by atoms with Gasteiger partial charge < -0.3 is 14.2 Å². The zero-order chi connectivity index (χ0) is 15.4. The second-order valence-electron chi connectivity index (χ2n) is 4.21. The average molecular weight is 353 g/mol. The lowest BCUT2D eigenvalue weighted by Crippen LogP contribution is -2.17. The van der Waals surface area contributed by atoms with E-state index in [2.05, 4.69) is 22.5 Å². The molecule has 0 bridgehead atoms. The molecule has 1 aromatic carbocycles. The second-order valence-corrected chi connectivity index (χ2v) is 5.06. The summed E-state index contributed by atoms with van der Waals surface area (Å²) in [4.78, 5) is 22.9. The van der Waals surface area contributed by atoms with Gasteiger partial charge in [0.15, 0.2) is 6.10 Å². The number of carbonyl (C=O) groups excluding carboxylic acids is 2. The highest BCUT2D eigenvalue weighted by atomic mass is 79.9. The van der Waals surface area contributed by atoms with Crippen LogP contribution in [0.4, 0.5) is 0 Å². The highest BCUT2D eigenvalue weighted by Gasteiger charge is 2.27. The smallest absolute Gasteiger partial charge is 0.339 e. The Morgan fingerprint density at radius 2 is 2.29 bits per heavy atom. The van der Waals surface area contributed by atoms with Crippen LogP contribution < -0.4 is 4.74 Å². The van der Waals surface area contributed by atoms with Crippen LogP contribution in [0.2, 0.25) is 0 Å². The van der Waals surface area contributed by atoms with E-state index in [-0.39, 0.29) is 6.61 Å². The number of rotatable bonds is 5. The molecule has 0 spiro atoms. The van der Waals surface area contributed by atoms with Gasteiger partial charge in [-0.2, -0.15) is 0 Å². The lowest BCUT2D eigenvalue weighted by atomic mass is 10.1. The predicted molar refractivity (Wildman–Crippen MR) is 79.7 cm³/mol. The zero-order valence-electron chi connectivity index (χ0n) is 11.3. The maximum atomic E-state index is 11.9. The van der Waals surface area contributed by atoms with Crippen molar-refractivity contribution in [1.29, 1.82) is 0 Å². The molecule has 1 atom stereocenters. The maximum Gasteiger partial charge on any atom is 0.339 e. The number of carbonyl (C=O) groups is 2. The summed E-state index contributed by atoms with van der Waals surface area (Å²) >= 11 is 3.36. The van der Waals surface area contributed by atoms with Crippen molar-refractivity contribution >= 4 is 33.4 Å². The third-order valence-electron chi connectivity index (χ3n) is 2.85. The fraction of sp³-hybridized carbons (Fsp3) is 0.200. The van der Waals surface area contributed by atoms with Crippen molar-refractivity contribution in [3.8, 4) is 5.75 Å². The fourth-order valence-corrected chi connectivity index (χ4v) is 2.38. The number of ether oxygens (including phenoxy) is 3. The molecule has 0 fully saturated rings. The van der Waals surface area contributed by atoms with E-state index in [0.717, 1.165) is 10.5 Å². The van der Waals surface area contributed by atoms with Crippen LogP contribution in [0, 0.1) is 0 Å². The van der Waals surface area contributed by atoms with E-state index in [0.29, 0.717) is 16.9 Å². The first kappa shape index (κ1) is 15.3. The third kappa shape index (κ3) is 3.52. The number of hydrogen-bond acceptors (Lipinski definition) is 5. The monoisotopic (exact) mass is 352 g/mol. The SMILES string of the molecule is C=CC(=O)OCC1C=C(c2ccc(OC)c(Br)c2)C(=O)O1. The second kappa shape index (κ2) is 6.58. The lowest BCUT2D eigenvalue weighted by Gasteiger charge is -2.07. The molecule has 0 radical (unpaired) electrons. The summed E-state index contributed by atoms with van der Waals surface area (Å²) in [5.74, 6) is -0.339. The summed E-state index contributed by atoms with van der Waals surface area (Å²) in [6, 6.07) is 5.28. The zero-order valence-corrected chi connectivity index (χ0v) is 12.9. The van der Waals surface area contributed by atoms with Gasteiger partial charge in [0.1, 0.15) is 12.4 Å². The average Bonchev–Trinajstić information content (AvgIpc) is 2.85. The van der Waals surface area contributed by atoms with Gasteiger partial charge in [-0.05, 0) is 39.7 Å². The van der Waals surface area contributed by atoms with Crippen molar-refractivity contribution < 1.29 is 23.8 Å². The Morgan fingerprint density at radius 3 is 2.90 bits per heavy atom. The number of cyclic esters (lactones) is 1. The molecule has 21 heavy (non-hydrogen) atoms. The van der Waals surface area contributed by atoms with Crippen LogP contribution in [0.3, 0.4) is 0 Å². The minimum Gasteiger partial charge on any atom is -0.496 e. The molecule has 1 aliphatic heterocycles. The number of esters is 2. The largest absolute Gasteiger partial charge is 0.496 e. The van der Waals surface area contributed by atoms with Gasteiger partial charge in [-0.3, -0.25) is 0 Å². The highest BCUT2D eigenvalue weighted by molar-refractivity contribution is 9.10. The fourth-order valence-electron chi connectivity index (χ4n) is 1.84. The lowest BCUT2D eigenvalue weighted by molar-refractivity contribution is -0.147. The van der Waals surface area contributed by atoms with Crippen LogP contribution in [-0.4, -0.2) is 31.8 Å². The molecule has 1 aliphatic rings. The summed E-state index contributed by atoms with van der Waals surface area (Å²) < 4.78 is 15.9. The quantitative estimate of drug-likeness (QED) is 0.601. The maximum absolute atomic E-state index is 11.9. The molecule has 1 aromatic rings. The standard InChI is InChI=1S/C15H13BrO5/c1-3-14(17)20-8-10-7-11(15(18)21-10)9-4-5-13(19-2)12(16)6-9/h3-7,10H,1,8H2,2H3. The molecule has 0 saturated carbocycles. The molecule has 1 heterocycles. The van der Waals surface area contributed by atoms with Crippen molar-refractivity contribution in [2.24, 2.45) is 0 Å². The number of halogens is 1. The summed E-state index contributed by atoms with van der Waals surface area (Å²) in [6.45, 7) is 3.26. The minimum absolute atomic E-state index is 0.0303. The van der Waals surface area contributed by atoms with Gasteiger partial charge in [-0.15, -0.1) is 0 Å². The van der Waals surface area contributed by atoms with Crippen molar-refractivity contribution in [2.45, 2.75) is 6.10 Å². The Kier molecular flexibility index (Phi) is 4.80. The van der Waals surface area contributed by atoms with Crippen LogP contribution in [-0.2, 0) is 19.1 Å². The van der Waals surface area contributed by atoms with Gasteiger partial charge in [0.25, 0.3) is 0 Å². The first-order valence-corrected chi connectivity index (χ1v) is 6.90. The molecule has 0 saturated heterocycles. The predicted octanol–water partition coefficient (Wildman–Crippen LogP) is 2.50. The number of methoxy groups -OCH3 is 1. The Bertz CT molecular complexity index is 620. The van der Waals surface area contributed by atoms with E-state index in [1.165, 1.54) is 0 Å². The Balaban J connectivity index is 2.15. The number of benzene rings is 1. The van der Waals surface area contributed by atoms with Crippen LogP contribution in [0.15, 0.2) is 41.4 Å². The van der Waals surface area contributed by atoms with Crippen molar-refractivity contribution in [1.82, 2.24) is 0 Å². The molecule has 0 amide bonds. The Morgan fingerprint density at radius 1 is 1.52 bits per heavy atom. The minimum atomic E-state index is -0.586. The van der Waals surface area contributed by atoms with Crippen molar-refractivity contribution in [2.75, 3.05) is 13.7 Å². The topological polar surface area (TPSA) is 61.8 Å². The van der Waals surface area contributed by atoms with Crippen LogP contribution in [0.1, 0.15) is 5.56 Å². The van der Waals surface area contributed by atoms with Crippen molar-refractivity contribution in [3.63, 3.8) is 0 Å². The molecule has 0 N–H and O–H groups in total. The first-order chi connectivity index (χ1) is 10.0. The summed E-state index contributed by atoms with van der Waals surface area (Å²) in [7, 11) is 1.56. The van der Waals surface area contributed by atoms with E-state index in [1.54, 1.807) is 31.4 Å². The van der Waals surface area contributed by atoms with Crippen molar-refractivity contribution in [3.05, 3.63) is 47.0 Å². The molecule has 1 unspecified atom stereocenters. The van der Waals surface area contributed by atoms with Gasteiger partial charge in [-0.25, -0.2) is 9.59 Å². The third-order valence-corrected chi connectivity index (χ3v) is 3.47. The van der Waals surface area contributed by atoms with E-state index in [9.17, 15) is 9.59 Å². The molecule has 6 heteroatoms. The molecule has 0 aromatic heterocycles. The highest BCUT2D eigenvalue weighted by Crippen LogP contribution is 2.31. The van der Waals surface area contributed by atoms with Crippen LogP contribution in [0.5, 0.6) is 5.75 Å². The van der Waals surface area contributed by atoms with E-state index in [1.807, 2.05) is 0 Å².